The SMILES string of the molecule is N#Cc1cccn1CC(=O)c1ccc2c(c1)CCC2. The summed E-state index contributed by atoms with van der Waals surface area (Å²) in [5.41, 5.74) is 3.95. The van der Waals surface area contributed by atoms with Gasteiger partial charge in [0.25, 0.3) is 0 Å². The van der Waals surface area contributed by atoms with E-state index in [1.807, 2.05) is 12.1 Å². The maximum Gasteiger partial charge on any atom is 0.182 e. The normalized spacial score (nSPS) is 13.0. The molecule has 0 atom stereocenters. The summed E-state index contributed by atoms with van der Waals surface area (Å²) in [4.78, 5) is 12.2. The van der Waals surface area contributed by atoms with Crippen LogP contribution in [0.25, 0.3) is 0 Å². The third-order valence-electron chi connectivity index (χ3n) is 3.68. The van der Waals surface area contributed by atoms with E-state index in [2.05, 4.69) is 12.1 Å². The van der Waals surface area contributed by atoms with E-state index in [1.54, 1.807) is 22.9 Å². The highest BCUT2D eigenvalue weighted by Gasteiger charge is 2.14. The van der Waals surface area contributed by atoms with E-state index in [0.717, 1.165) is 18.4 Å². The minimum atomic E-state index is 0.0578. The minimum Gasteiger partial charge on any atom is -0.332 e. The highest BCUT2D eigenvalue weighted by molar-refractivity contribution is 5.96. The van der Waals surface area contributed by atoms with Crippen LogP contribution in [-0.4, -0.2) is 10.4 Å². The Morgan fingerprint density at radius 1 is 1.26 bits per heavy atom. The molecule has 0 aliphatic heterocycles. The second-order valence-electron chi connectivity index (χ2n) is 4.89. The van der Waals surface area contributed by atoms with Gasteiger partial charge in [0, 0.05) is 11.8 Å². The molecule has 1 aliphatic carbocycles. The van der Waals surface area contributed by atoms with Crippen LogP contribution >= 0.6 is 0 Å². The molecule has 0 N–H and O–H groups in total. The zero-order chi connectivity index (χ0) is 13.2. The Morgan fingerprint density at radius 2 is 2.11 bits per heavy atom. The molecule has 94 valence electrons. The Hall–Kier alpha value is -2.34. The Kier molecular flexibility index (Phi) is 2.92. The van der Waals surface area contributed by atoms with Crippen LogP contribution in [0.3, 0.4) is 0 Å². The molecule has 19 heavy (non-hydrogen) atoms. The maximum atomic E-state index is 12.2. The summed E-state index contributed by atoms with van der Waals surface area (Å²) in [5, 5.41) is 8.94. The number of fused-ring (bicyclic) bond motifs is 1. The van der Waals surface area contributed by atoms with Gasteiger partial charge in [-0.2, -0.15) is 5.26 Å². The van der Waals surface area contributed by atoms with E-state index in [0.29, 0.717) is 5.69 Å². The highest BCUT2D eigenvalue weighted by atomic mass is 16.1. The van der Waals surface area contributed by atoms with Crippen LogP contribution in [0.4, 0.5) is 0 Å². The third-order valence-corrected chi connectivity index (χ3v) is 3.68. The van der Waals surface area contributed by atoms with Crippen LogP contribution in [0.15, 0.2) is 36.5 Å². The van der Waals surface area contributed by atoms with Crippen LogP contribution in [0.5, 0.6) is 0 Å². The number of carbonyl (C=O) groups is 1. The van der Waals surface area contributed by atoms with Crippen molar-refractivity contribution in [2.24, 2.45) is 0 Å². The number of benzene rings is 1. The summed E-state index contributed by atoms with van der Waals surface area (Å²) >= 11 is 0. The van der Waals surface area contributed by atoms with Gasteiger partial charge >= 0.3 is 0 Å². The Bertz CT molecular complexity index is 676. The molecule has 0 amide bonds. The molecule has 0 saturated carbocycles. The van der Waals surface area contributed by atoms with E-state index in [9.17, 15) is 4.79 Å². The van der Waals surface area contributed by atoms with Gasteiger partial charge in [-0.25, -0.2) is 0 Å². The van der Waals surface area contributed by atoms with Crippen molar-refractivity contribution in [2.45, 2.75) is 25.8 Å². The minimum absolute atomic E-state index is 0.0578. The molecule has 0 fully saturated rings. The van der Waals surface area contributed by atoms with Crippen molar-refractivity contribution in [3.63, 3.8) is 0 Å². The highest BCUT2D eigenvalue weighted by Crippen LogP contribution is 2.23. The van der Waals surface area contributed by atoms with Gasteiger partial charge in [0.15, 0.2) is 5.78 Å². The van der Waals surface area contributed by atoms with Crippen LogP contribution < -0.4 is 0 Å². The number of hydrogen-bond acceptors (Lipinski definition) is 2. The predicted octanol–water partition coefficient (Wildman–Crippen LogP) is 2.73. The summed E-state index contributed by atoms with van der Waals surface area (Å²) in [6.07, 6.45) is 5.15. The number of hydrogen-bond donors (Lipinski definition) is 0. The Labute approximate surface area is 112 Å². The average Bonchev–Trinajstić information content (AvgIpc) is 3.05. The zero-order valence-electron chi connectivity index (χ0n) is 10.6. The monoisotopic (exact) mass is 250 g/mol. The molecule has 0 unspecified atom stereocenters. The van der Waals surface area contributed by atoms with Gasteiger partial charge in [-0.1, -0.05) is 12.1 Å². The summed E-state index contributed by atoms with van der Waals surface area (Å²) < 4.78 is 1.69. The van der Waals surface area contributed by atoms with Crippen molar-refractivity contribution in [3.05, 3.63) is 58.9 Å². The summed E-state index contributed by atoms with van der Waals surface area (Å²) in [5.74, 6) is 0.0578. The average molecular weight is 250 g/mol. The lowest BCUT2D eigenvalue weighted by atomic mass is 10.0. The number of ketones is 1. The Balaban J connectivity index is 1.83. The summed E-state index contributed by atoms with van der Waals surface area (Å²) in [6.45, 7) is 0.231. The van der Waals surface area contributed by atoms with Gasteiger partial charge in [0.2, 0.25) is 0 Å². The van der Waals surface area contributed by atoms with Crippen molar-refractivity contribution < 1.29 is 4.79 Å². The van der Waals surface area contributed by atoms with Gasteiger partial charge in [-0.15, -0.1) is 0 Å². The second kappa shape index (κ2) is 4.74. The molecule has 1 aromatic carbocycles. The summed E-state index contributed by atoms with van der Waals surface area (Å²) in [6, 6.07) is 11.6. The molecule has 0 bridgehead atoms. The molecule has 2 aromatic rings. The van der Waals surface area contributed by atoms with Crippen LogP contribution in [0.2, 0.25) is 0 Å². The number of rotatable bonds is 3. The molecule has 0 radical (unpaired) electrons. The molecule has 1 heterocycles. The second-order valence-corrected chi connectivity index (χ2v) is 4.89. The molecule has 3 heteroatoms. The number of aromatic nitrogens is 1. The standard InChI is InChI=1S/C16H14N2O/c17-10-15-5-2-8-18(15)11-16(19)14-7-6-12-3-1-4-13(12)9-14/h2,5-9H,1,3-4,11H2. The number of aryl methyl sites for hydroxylation is 2. The fourth-order valence-corrected chi connectivity index (χ4v) is 2.64. The molecule has 1 aliphatic rings. The van der Waals surface area contributed by atoms with E-state index in [4.69, 9.17) is 5.26 Å². The van der Waals surface area contributed by atoms with Crippen molar-refractivity contribution in [1.82, 2.24) is 4.57 Å². The Morgan fingerprint density at radius 3 is 2.95 bits per heavy atom. The third kappa shape index (κ3) is 2.17. The molecule has 3 rings (SSSR count). The molecule has 0 spiro atoms. The fourth-order valence-electron chi connectivity index (χ4n) is 2.64. The van der Waals surface area contributed by atoms with Crippen molar-refractivity contribution in [1.29, 1.82) is 5.26 Å². The fraction of sp³-hybridized carbons (Fsp3) is 0.250. The number of Topliss-reactive ketones (excluding diaryl/α,β-unsaturated/α-hetero) is 1. The number of nitriles is 1. The quantitative estimate of drug-likeness (QED) is 0.786. The number of nitrogens with zero attached hydrogens (tertiary/aromatic N) is 2. The van der Waals surface area contributed by atoms with Gasteiger partial charge in [-0.3, -0.25) is 4.79 Å². The van der Waals surface area contributed by atoms with Gasteiger partial charge in [-0.05, 0) is 48.6 Å². The molecular weight excluding hydrogens is 236 g/mol. The van der Waals surface area contributed by atoms with Crippen molar-refractivity contribution >= 4 is 5.78 Å². The maximum absolute atomic E-state index is 12.2. The van der Waals surface area contributed by atoms with Crippen molar-refractivity contribution in [3.8, 4) is 6.07 Å². The smallest absolute Gasteiger partial charge is 0.182 e. The molecule has 3 nitrogen and oxygen atoms in total. The first kappa shape index (κ1) is 11.7. The first-order chi connectivity index (χ1) is 9.28. The first-order valence-corrected chi connectivity index (χ1v) is 6.48. The van der Waals surface area contributed by atoms with E-state index < -0.39 is 0 Å². The van der Waals surface area contributed by atoms with Gasteiger partial charge in [0.1, 0.15) is 11.8 Å². The van der Waals surface area contributed by atoms with E-state index >= 15 is 0 Å². The molecule has 1 aromatic heterocycles. The predicted molar refractivity (Wildman–Crippen MR) is 71.9 cm³/mol. The topological polar surface area (TPSA) is 45.8 Å². The lowest BCUT2D eigenvalue weighted by Crippen LogP contribution is -2.11. The van der Waals surface area contributed by atoms with Crippen LogP contribution in [-0.2, 0) is 19.4 Å². The largest absolute Gasteiger partial charge is 0.332 e. The van der Waals surface area contributed by atoms with Crippen LogP contribution in [0.1, 0.15) is 33.6 Å². The number of carbonyl (C=O) groups excluding carboxylic acids is 1. The lowest BCUT2D eigenvalue weighted by Gasteiger charge is -2.06. The van der Waals surface area contributed by atoms with Crippen molar-refractivity contribution in [2.75, 3.05) is 0 Å². The van der Waals surface area contributed by atoms with Gasteiger partial charge < -0.3 is 4.57 Å². The summed E-state index contributed by atoms with van der Waals surface area (Å²) in [7, 11) is 0. The molecule has 0 saturated heterocycles. The lowest BCUT2D eigenvalue weighted by molar-refractivity contribution is 0.0972. The zero-order valence-corrected chi connectivity index (χ0v) is 10.6. The van der Waals surface area contributed by atoms with Crippen LogP contribution in [0, 0.1) is 11.3 Å². The first-order valence-electron chi connectivity index (χ1n) is 6.48. The van der Waals surface area contributed by atoms with E-state index in [1.165, 1.54) is 17.5 Å². The molecular formula is C16H14N2O. The van der Waals surface area contributed by atoms with Gasteiger partial charge in [0.05, 0.1) is 6.54 Å². The van der Waals surface area contributed by atoms with E-state index in [-0.39, 0.29) is 12.3 Å².